The van der Waals surface area contributed by atoms with Crippen LogP contribution in [-0.2, 0) is 0 Å². The monoisotopic (exact) mass is 526 g/mol. The number of hydrogen-bond donors (Lipinski definition) is 2. The summed E-state index contributed by atoms with van der Waals surface area (Å²) in [5.74, 6) is 2.30. The summed E-state index contributed by atoms with van der Waals surface area (Å²) in [7, 11) is 0. The number of carboxylic acid groups (broad SMARTS) is 1. The van der Waals surface area contributed by atoms with Gasteiger partial charge in [-0.15, -0.1) is 0 Å². The number of nitrogens with zero attached hydrogens (tertiary/aromatic N) is 3. The average Bonchev–Trinajstić information content (AvgIpc) is 3.54. The summed E-state index contributed by atoms with van der Waals surface area (Å²) in [5.41, 5.74) is 8.58. The van der Waals surface area contributed by atoms with E-state index < -0.39 is 12.0 Å². The summed E-state index contributed by atoms with van der Waals surface area (Å²) in [6, 6.07) is 21.5. The first kappa shape index (κ1) is 25.4. The Morgan fingerprint density at radius 2 is 1.51 bits per heavy atom. The Morgan fingerprint density at radius 3 is 2.13 bits per heavy atom. The lowest BCUT2D eigenvalue weighted by Gasteiger charge is -2.36. The second kappa shape index (κ2) is 10.7. The molecule has 1 saturated carbocycles. The van der Waals surface area contributed by atoms with Crippen LogP contribution in [0.5, 0.6) is 11.5 Å². The first-order valence-corrected chi connectivity index (χ1v) is 13.8. The highest BCUT2D eigenvalue weighted by atomic mass is 16.5. The molecule has 0 bridgehead atoms. The zero-order valence-corrected chi connectivity index (χ0v) is 21.9. The van der Waals surface area contributed by atoms with Crippen LogP contribution in [0.25, 0.3) is 11.3 Å². The molecule has 8 nitrogen and oxygen atoms in total. The molecule has 1 aromatic heterocycles. The molecule has 3 heterocycles. The third-order valence-electron chi connectivity index (χ3n) is 8.75. The van der Waals surface area contributed by atoms with Crippen molar-refractivity contribution in [2.75, 3.05) is 26.2 Å². The van der Waals surface area contributed by atoms with E-state index in [4.69, 9.17) is 15.5 Å². The van der Waals surface area contributed by atoms with E-state index in [1.807, 2.05) is 66.7 Å². The Bertz CT molecular complexity index is 1320. The maximum atomic E-state index is 12.2. The molecule has 3 fully saturated rings. The highest BCUT2D eigenvalue weighted by Crippen LogP contribution is 2.42. The number of benzene rings is 2. The number of rotatable bonds is 6. The van der Waals surface area contributed by atoms with Crippen molar-refractivity contribution in [1.29, 1.82) is 0 Å². The maximum Gasteiger partial charge on any atom is 0.407 e. The van der Waals surface area contributed by atoms with Gasteiger partial charge in [0, 0.05) is 36.3 Å². The van der Waals surface area contributed by atoms with Crippen molar-refractivity contribution in [1.82, 2.24) is 14.8 Å². The molecule has 3 aromatic rings. The predicted octanol–water partition coefficient (Wildman–Crippen LogP) is 5.21. The number of carbonyl (C=O) groups excluding carboxylic acids is 1. The van der Waals surface area contributed by atoms with Crippen molar-refractivity contribution in [3.63, 3.8) is 0 Å². The minimum Gasteiger partial charge on any atom is -0.465 e. The average molecular weight is 527 g/mol. The molecule has 2 amide bonds. The van der Waals surface area contributed by atoms with Crippen molar-refractivity contribution in [2.45, 2.75) is 37.6 Å². The molecular formula is C31H34N4O4. The van der Waals surface area contributed by atoms with Crippen molar-refractivity contribution < 1.29 is 19.4 Å². The van der Waals surface area contributed by atoms with Gasteiger partial charge in [0.2, 0.25) is 0 Å². The maximum absolute atomic E-state index is 12.2. The minimum absolute atomic E-state index is 0.325. The summed E-state index contributed by atoms with van der Waals surface area (Å²) in [6.45, 7) is 3.39. The van der Waals surface area contributed by atoms with Crippen LogP contribution < -0.4 is 10.5 Å². The fourth-order valence-corrected chi connectivity index (χ4v) is 6.71. The molecule has 1 aliphatic carbocycles. The van der Waals surface area contributed by atoms with Gasteiger partial charge in [-0.05, 0) is 99.1 Å². The number of hydrogen-bond acceptors (Lipinski definition) is 5. The number of primary amides is 1. The Morgan fingerprint density at radius 1 is 0.872 bits per heavy atom. The van der Waals surface area contributed by atoms with Crippen LogP contribution >= 0.6 is 0 Å². The van der Waals surface area contributed by atoms with Crippen molar-refractivity contribution in [3.8, 4) is 22.8 Å². The third kappa shape index (κ3) is 5.34. The predicted molar refractivity (Wildman–Crippen MR) is 148 cm³/mol. The van der Waals surface area contributed by atoms with E-state index in [0.717, 1.165) is 55.8 Å². The van der Waals surface area contributed by atoms with Gasteiger partial charge in [0.1, 0.15) is 11.5 Å². The summed E-state index contributed by atoms with van der Waals surface area (Å²) in [6.07, 6.45) is 3.43. The highest BCUT2D eigenvalue weighted by molar-refractivity contribution is 5.98. The van der Waals surface area contributed by atoms with Gasteiger partial charge in [0.25, 0.3) is 5.91 Å². The summed E-state index contributed by atoms with van der Waals surface area (Å²) >= 11 is 0. The van der Waals surface area contributed by atoms with E-state index in [1.54, 1.807) is 4.90 Å². The molecule has 2 aliphatic heterocycles. The number of pyridine rings is 1. The van der Waals surface area contributed by atoms with Gasteiger partial charge in [-0.25, -0.2) is 4.79 Å². The van der Waals surface area contributed by atoms with E-state index in [-0.39, 0.29) is 0 Å². The normalized spacial score (nSPS) is 23.5. The topological polar surface area (TPSA) is 109 Å². The zero-order valence-electron chi connectivity index (χ0n) is 21.9. The number of likely N-dealkylation sites (tertiary alicyclic amines) is 2. The summed E-state index contributed by atoms with van der Waals surface area (Å²) in [4.78, 5) is 32.7. The van der Waals surface area contributed by atoms with Gasteiger partial charge < -0.3 is 25.4 Å². The molecule has 1 unspecified atom stereocenters. The van der Waals surface area contributed by atoms with Crippen LogP contribution in [0.4, 0.5) is 4.79 Å². The van der Waals surface area contributed by atoms with Crippen LogP contribution in [0, 0.1) is 11.8 Å². The lowest BCUT2D eigenvalue weighted by Crippen LogP contribution is -2.41. The summed E-state index contributed by atoms with van der Waals surface area (Å²) in [5, 5.41) is 9.31. The van der Waals surface area contributed by atoms with Crippen molar-refractivity contribution in [2.24, 2.45) is 17.6 Å². The smallest absolute Gasteiger partial charge is 0.407 e. The Labute approximate surface area is 228 Å². The lowest BCUT2D eigenvalue weighted by atomic mass is 9.91. The molecule has 3 atom stereocenters. The number of aromatic nitrogens is 1. The van der Waals surface area contributed by atoms with Gasteiger partial charge in [-0.1, -0.05) is 18.2 Å². The molecule has 6 rings (SSSR count). The number of carbonyl (C=O) groups is 2. The Hall–Kier alpha value is -3.91. The van der Waals surface area contributed by atoms with Crippen LogP contribution in [0.1, 0.15) is 47.7 Å². The molecule has 8 heteroatoms. The van der Waals surface area contributed by atoms with Gasteiger partial charge >= 0.3 is 6.09 Å². The van der Waals surface area contributed by atoms with Crippen LogP contribution in [-0.4, -0.2) is 64.1 Å². The molecular weight excluding hydrogens is 492 g/mol. The third-order valence-corrected chi connectivity index (χ3v) is 8.75. The quantitative estimate of drug-likeness (QED) is 0.457. The Kier molecular flexibility index (Phi) is 6.95. The van der Waals surface area contributed by atoms with Gasteiger partial charge in [0.15, 0.2) is 0 Å². The number of piperidine rings is 1. The SMILES string of the molecule is NC(=O)c1ccc(C2CCN(C3C[C@@H]4CN(C(=O)O)C[C@@H]4C3)CC2)nc1-c1ccc(Oc2ccccc2)cc1. The number of fused-ring (bicyclic) bond motifs is 1. The molecule has 3 aliphatic rings. The summed E-state index contributed by atoms with van der Waals surface area (Å²) < 4.78 is 5.91. The molecule has 202 valence electrons. The van der Waals surface area contributed by atoms with E-state index in [0.29, 0.717) is 53.9 Å². The van der Waals surface area contributed by atoms with Gasteiger partial charge in [-0.3, -0.25) is 9.78 Å². The van der Waals surface area contributed by atoms with Gasteiger partial charge in [-0.2, -0.15) is 0 Å². The second-order valence-corrected chi connectivity index (χ2v) is 11.1. The zero-order chi connectivity index (χ0) is 26.9. The highest BCUT2D eigenvalue weighted by Gasteiger charge is 2.44. The van der Waals surface area contributed by atoms with E-state index in [2.05, 4.69) is 4.90 Å². The van der Waals surface area contributed by atoms with Crippen molar-refractivity contribution in [3.05, 3.63) is 78.0 Å². The fraction of sp³-hybridized carbons (Fsp3) is 0.387. The first-order valence-electron chi connectivity index (χ1n) is 13.8. The minimum atomic E-state index is -0.785. The molecule has 39 heavy (non-hydrogen) atoms. The number of ether oxygens (including phenoxy) is 1. The lowest BCUT2D eigenvalue weighted by molar-refractivity contribution is 0.100. The van der Waals surface area contributed by atoms with Crippen molar-refractivity contribution >= 4 is 12.0 Å². The fourth-order valence-electron chi connectivity index (χ4n) is 6.71. The van der Waals surface area contributed by atoms with E-state index in [9.17, 15) is 14.7 Å². The number of nitrogens with two attached hydrogens (primary N) is 1. The molecule has 0 radical (unpaired) electrons. The van der Waals surface area contributed by atoms with Crippen LogP contribution in [0.15, 0.2) is 66.7 Å². The van der Waals surface area contributed by atoms with Crippen LogP contribution in [0.3, 0.4) is 0 Å². The number of amides is 2. The standard InChI is InChI=1S/C31H34N4O4/c32-30(36)27-10-11-28(33-29(27)21-6-8-26(9-7-21)39-25-4-2-1-3-5-25)20-12-14-34(15-13-20)24-16-22-18-35(31(37)38)19-23(22)17-24/h1-11,20,22-24H,12-19H2,(H2,32,36)(H,37,38)/t22-,23+,24?. The molecule has 2 saturated heterocycles. The molecule has 0 spiro atoms. The molecule has 2 aromatic carbocycles. The van der Waals surface area contributed by atoms with E-state index in [1.165, 1.54) is 0 Å². The number of para-hydroxylation sites is 1. The molecule has 3 N–H and O–H groups in total. The largest absolute Gasteiger partial charge is 0.465 e. The van der Waals surface area contributed by atoms with Crippen LogP contribution in [0.2, 0.25) is 0 Å². The van der Waals surface area contributed by atoms with E-state index >= 15 is 0 Å². The second-order valence-electron chi connectivity index (χ2n) is 11.1. The Balaban J connectivity index is 1.12. The van der Waals surface area contributed by atoms with Gasteiger partial charge in [0.05, 0.1) is 11.3 Å². The first-order chi connectivity index (χ1) is 18.9.